The van der Waals surface area contributed by atoms with Crippen molar-refractivity contribution in [1.82, 2.24) is 5.32 Å². The normalized spacial score (nSPS) is 10.3. The summed E-state index contributed by atoms with van der Waals surface area (Å²) in [6.45, 7) is 0.583. The lowest BCUT2D eigenvalue weighted by Gasteiger charge is -2.09. The highest BCUT2D eigenvalue weighted by Gasteiger charge is 2.09. The zero-order chi connectivity index (χ0) is 17.4. The molecule has 0 aliphatic heterocycles. The number of methoxy groups -OCH3 is 2. The number of carbonyl (C=O) groups excluding carboxylic acids is 1. The lowest BCUT2D eigenvalue weighted by molar-refractivity contribution is 0.0952. The fraction of sp³-hybridized carbons (Fsp3) is 0.316. The zero-order valence-corrected chi connectivity index (χ0v) is 14.0. The van der Waals surface area contributed by atoms with Crippen LogP contribution in [0.2, 0.25) is 0 Å². The van der Waals surface area contributed by atoms with Gasteiger partial charge in [0.25, 0.3) is 5.91 Å². The van der Waals surface area contributed by atoms with Gasteiger partial charge < -0.3 is 14.8 Å². The highest BCUT2D eigenvalue weighted by molar-refractivity contribution is 5.95. The third kappa shape index (κ3) is 5.26. The van der Waals surface area contributed by atoms with E-state index in [-0.39, 0.29) is 11.7 Å². The number of amides is 1. The molecule has 0 unspecified atom stereocenters. The molecule has 0 saturated carbocycles. The van der Waals surface area contributed by atoms with Crippen molar-refractivity contribution >= 4 is 5.91 Å². The van der Waals surface area contributed by atoms with E-state index in [9.17, 15) is 9.18 Å². The zero-order valence-electron chi connectivity index (χ0n) is 14.0. The molecule has 0 atom stereocenters. The number of unbranched alkanes of at least 4 members (excludes halogenated alkanes) is 1. The molecular weight excluding hydrogens is 309 g/mol. The van der Waals surface area contributed by atoms with Gasteiger partial charge in [-0.1, -0.05) is 12.1 Å². The van der Waals surface area contributed by atoms with E-state index in [2.05, 4.69) is 5.32 Å². The first kappa shape index (κ1) is 17.8. The molecule has 2 aromatic rings. The van der Waals surface area contributed by atoms with Crippen LogP contribution in [0.1, 0.15) is 28.8 Å². The van der Waals surface area contributed by atoms with Gasteiger partial charge in [0.05, 0.1) is 14.2 Å². The number of benzene rings is 2. The number of hydrogen-bond acceptors (Lipinski definition) is 3. The molecule has 24 heavy (non-hydrogen) atoms. The van der Waals surface area contributed by atoms with Crippen molar-refractivity contribution < 1.29 is 18.7 Å². The third-order valence-corrected chi connectivity index (χ3v) is 3.70. The van der Waals surface area contributed by atoms with Gasteiger partial charge in [0.1, 0.15) is 17.3 Å². The third-order valence-electron chi connectivity index (χ3n) is 3.70. The summed E-state index contributed by atoms with van der Waals surface area (Å²) in [4.78, 5) is 12.2. The van der Waals surface area contributed by atoms with E-state index in [1.807, 2.05) is 0 Å². The SMILES string of the molecule is COc1cc(OC)cc(C(=O)NCCCCc2ccc(F)cc2)c1. The molecule has 0 saturated heterocycles. The van der Waals surface area contributed by atoms with Crippen LogP contribution in [0.3, 0.4) is 0 Å². The van der Waals surface area contributed by atoms with Crippen molar-refractivity contribution in [2.75, 3.05) is 20.8 Å². The maximum atomic E-state index is 12.8. The molecule has 5 heteroatoms. The van der Waals surface area contributed by atoms with Crippen LogP contribution in [0.15, 0.2) is 42.5 Å². The molecule has 0 aromatic heterocycles. The molecule has 2 aromatic carbocycles. The highest BCUT2D eigenvalue weighted by Crippen LogP contribution is 2.22. The Kier molecular flexibility index (Phi) is 6.61. The standard InChI is InChI=1S/C19H22FNO3/c1-23-17-11-15(12-18(13-17)24-2)19(22)21-10-4-3-5-14-6-8-16(20)9-7-14/h6-9,11-13H,3-5,10H2,1-2H3,(H,21,22). The Morgan fingerprint density at radius 3 is 2.21 bits per heavy atom. The van der Waals surface area contributed by atoms with E-state index in [4.69, 9.17) is 9.47 Å². The number of rotatable bonds is 8. The molecule has 1 amide bonds. The van der Waals surface area contributed by atoms with E-state index in [1.165, 1.54) is 12.1 Å². The van der Waals surface area contributed by atoms with Crippen LogP contribution < -0.4 is 14.8 Å². The minimum atomic E-state index is -0.222. The molecule has 0 bridgehead atoms. The molecule has 0 aliphatic carbocycles. The van der Waals surface area contributed by atoms with Gasteiger partial charge >= 0.3 is 0 Å². The number of ether oxygens (including phenoxy) is 2. The van der Waals surface area contributed by atoms with Crippen LogP contribution in [0, 0.1) is 5.82 Å². The minimum Gasteiger partial charge on any atom is -0.497 e. The minimum absolute atomic E-state index is 0.158. The largest absolute Gasteiger partial charge is 0.497 e. The number of nitrogens with one attached hydrogen (secondary N) is 1. The summed E-state index contributed by atoms with van der Waals surface area (Å²) in [5.74, 6) is 0.778. The molecule has 1 N–H and O–H groups in total. The van der Waals surface area contributed by atoms with Gasteiger partial charge in [0.2, 0.25) is 0 Å². The van der Waals surface area contributed by atoms with Crippen molar-refractivity contribution in [2.45, 2.75) is 19.3 Å². The molecule has 0 spiro atoms. The van der Waals surface area contributed by atoms with E-state index < -0.39 is 0 Å². The van der Waals surface area contributed by atoms with E-state index in [0.717, 1.165) is 24.8 Å². The average molecular weight is 331 g/mol. The smallest absolute Gasteiger partial charge is 0.251 e. The van der Waals surface area contributed by atoms with Crippen LogP contribution in [-0.2, 0) is 6.42 Å². The number of halogens is 1. The number of aryl methyl sites for hydroxylation is 1. The molecule has 4 nitrogen and oxygen atoms in total. The van der Waals surface area contributed by atoms with Crippen molar-refractivity contribution in [1.29, 1.82) is 0 Å². The summed E-state index contributed by atoms with van der Waals surface area (Å²) in [5.41, 5.74) is 1.60. The van der Waals surface area contributed by atoms with E-state index in [1.54, 1.807) is 44.6 Å². The van der Waals surface area contributed by atoms with Crippen LogP contribution in [-0.4, -0.2) is 26.7 Å². The van der Waals surface area contributed by atoms with Crippen LogP contribution in [0.25, 0.3) is 0 Å². The average Bonchev–Trinajstić information content (AvgIpc) is 2.62. The maximum Gasteiger partial charge on any atom is 0.251 e. The summed E-state index contributed by atoms with van der Waals surface area (Å²) in [6.07, 6.45) is 2.64. The van der Waals surface area contributed by atoms with Crippen LogP contribution in [0.4, 0.5) is 4.39 Å². The quantitative estimate of drug-likeness (QED) is 0.752. The first-order chi connectivity index (χ1) is 11.6. The van der Waals surface area contributed by atoms with Gasteiger partial charge in [-0.15, -0.1) is 0 Å². The maximum absolute atomic E-state index is 12.8. The molecule has 128 valence electrons. The number of carbonyl (C=O) groups is 1. The lowest BCUT2D eigenvalue weighted by Crippen LogP contribution is -2.24. The van der Waals surface area contributed by atoms with Gasteiger partial charge in [-0.3, -0.25) is 4.79 Å². The summed E-state index contributed by atoms with van der Waals surface area (Å²) >= 11 is 0. The molecule has 2 rings (SSSR count). The predicted molar refractivity (Wildman–Crippen MR) is 91.2 cm³/mol. The van der Waals surface area contributed by atoms with Crippen molar-refractivity contribution in [3.63, 3.8) is 0 Å². The van der Waals surface area contributed by atoms with Gasteiger partial charge in [-0.2, -0.15) is 0 Å². The molecular formula is C19H22FNO3. The Morgan fingerprint density at radius 1 is 1.00 bits per heavy atom. The second-order valence-corrected chi connectivity index (χ2v) is 5.44. The summed E-state index contributed by atoms with van der Waals surface area (Å²) in [7, 11) is 3.10. The summed E-state index contributed by atoms with van der Waals surface area (Å²) < 4.78 is 23.1. The fourth-order valence-electron chi connectivity index (χ4n) is 2.35. The second kappa shape index (κ2) is 8.91. The lowest BCUT2D eigenvalue weighted by atomic mass is 10.1. The summed E-state index contributed by atoms with van der Waals surface area (Å²) in [5, 5.41) is 2.89. The van der Waals surface area contributed by atoms with Crippen molar-refractivity contribution in [2.24, 2.45) is 0 Å². The van der Waals surface area contributed by atoms with Crippen molar-refractivity contribution in [3.8, 4) is 11.5 Å². The Balaban J connectivity index is 1.77. The number of hydrogen-bond donors (Lipinski definition) is 1. The Labute approximate surface area is 141 Å². The molecule has 0 radical (unpaired) electrons. The van der Waals surface area contributed by atoms with Crippen molar-refractivity contribution in [3.05, 3.63) is 59.4 Å². The van der Waals surface area contributed by atoms with Crippen LogP contribution >= 0.6 is 0 Å². The predicted octanol–water partition coefficient (Wildman–Crippen LogP) is 3.60. The Hall–Kier alpha value is -2.56. The van der Waals surface area contributed by atoms with Gasteiger partial charge in [-0.25, -0.2) is 4.39 Å². The van der Waals surface area contributed by atoms with E-state index >= 15 is 0 Å². The Morgan fingerprint density at radius 2 is 1.62 bits per heavy atom. The molecule has 0 fully saturated rings. The van der Waals surface area contributed by atoms with E-state index in [0.29, 0.717) is 23.6 Å². The molecule has 0 heterocycles. The summed E-state index contributed by atoms with van der Waals surface area (Å²) in [6, 6.07) is 11.6. The first-order valence-electron chi connectivity index (χ1n) is 7.88. The monoisotopic (exact) mass is 331 g/mol. The van der Waals surface area contributed by atoms with Gasteiger partial charge in [0.15, 0.2) is 0 Å². The molecule has 0 aliphatic rings. The topological polar surface area (TPSA) is 47.6 Å². The first-order valence-corrected chi connectivity index (χ1v) is 7.88. The second-order valence-electron chi connectivity index (χ2n) is 5.44. The van der Waals surface area contributed by atoms with Gasteiger partial charge in [0, 0.05) is 18.2 Å². The Bertz CT molecular complexity index is 649. The van der Waals surface area contributed by atoms with Crippen LogP contribution in [0.5, 0.6) is 11.5 Å². The van der Waals surface area contributed by atoms with Gasteiger partial charge in [-0.05, 0) is 49.1 Å². The highest BCUT2D eigenvalue weighted by atomic mass is 19.1. The fourth-order valence-corrected chi connectivity index (χ4v) is 2.35.